The summed E-state index contributed by atoms with van der Waals surface area (Å²) in [6.07, 6.45) is 0.234. The monoisotopic (exact) mass is 427 g/mol. The van der Waals surface area contributed by atoms with Gasteiger partial charge in [0.15, 0.2) is 5.58 Å². The zero-order valence-corrected chi connectivity index (χ0v) is 17.3. The van der Waals surface area contributed by atoms with Gasteiger partial charge in [-0.3, -0.25) is 9.78 Å². The molecule has 0 spiro atoms. The smallest absolute Gasteiger partial charge is 0.408 e. The third-order valence-electron chi connectivity index (χ3n) is 5.00. The highest BCUT2D eigenvalue weighted by atomic mass is 32.2. The Bertz CT molecular complexity index is 1460. The van der Waals surface area contributed by atoms with E-state index in [4.69, 9.17) is 4.42 Å². The molecule has 0 aliphatic rings. The van der Waals surface area contributed by atoms with Gasteiger partial charge in [-0.15, -0.1) is 0 Å². The Labute approximate surface area is 172 Å². The van der Waals surface area contributed by atoms with E-state index in [0.29, 0.717) is 17.0 Å². The van der Waals surface area contributed by atoms with Gasteiger partial charge in [-0.05, 0) is 53.6 Å². The van der Waals surface area contributed by atoms with Crippen molar-refractivity contribution in [3.05, 3.63) is 74.5 Å². The summed E-state index contributed by atoms with van der Waals surface area (Å²) in [5.41, 5.74) is 2.74. The Kier molecular flexibility index (Phi) is 5.08. The first-order valence-electron chi connectivity index (χ1n) is 9.51. The molecule has 0 bridgehead atoms. The molecule has 0 unspecified atom stereocenters. The molecule has 0 saturated carbocycles. The number of hydrogen-bond donors (Lipinski definition) is 3. The third-order valence-corrected chi connectivity index (χ3v) is 6.46. The first kappa shape index (κ1) is 20.1. The molecule has 9 heteroatoms. The lowest BCUT2D eigenvalue weighted by atomic mass is 10.0. The number of fused-ring (bicyclic) bond motifs is 2. The van der Waals surface area contributed by atoms with Crippen molar-refractivity contribution in [1.29, 1.82) is 0 Å². The molecule has 0 fully saturated rings. The molecule has 2 aromatic carbocycles. The Morgan fingerprint density at radius 2 is 1.77 bits per heavy atom. The average molecular weight is 427 g/mol. The first-order chi connectivity index (χ1) is 14.2. The van der Waals surface area contributed by atoms with E-state index < -0.39 is 15.8 Å². The van der Waals surface area contributed by atoms with Crippen molar-refractivity contribution in [2.75, 3.05) is 6.54 Å². The molecule has 0 radical (unpaired) electrons. The van der Waals surface area contributed by atoms with Crippen LogP contribution >= 0.6 is 0 Å². The zero-order valence-electron chi connectivity index (χ0n) is 16.5. The Hall–Kier alpha value is -3.17. The molecule has 0 amide bonds. The van der Waals surface area contributed by atoms with Gasteiger partial charge < -0.3 is 9.40 Å². The second-order valence-electron chi connectivity index (χ2n) is 7.45. The minimum Gasteiger partial charge on any atom is -0.408 e. The minimum absolute atomic E-state index is 0.0215. The lowest BCUT2D eigenvalue weighted by Crippen LogP contribution is -2.27. The van der Waals surface area contributed by atoms with Crippen molar-refractivity contribution in [3.8, 4) is 0 Å². The zero-order chi connectivity index (χ0) is 21.5. The fraction of sp³-hybridized carbons (Fsp3) is 0.238. The summed E-state index contributed by atoms with van der Waals surface area (Å²) < 4.78 is 32.5. The number of nitrogens with one attached hydrogen (secondary N) is 3. The molecule has 0 atom stereocenters. The fourth-order valence-corrected chi connectivity index (χ4v) is 4.36. The molecule has 2 aromatic heterocycles. The van der Waals surface area contributed by atoms with Crippen LogP contribution in [0.5, 0.6) is 0 Å². The Balaban J connectivity index is 1.53. The van der Waals surface area contributed by atoms with Crippen LogP contribution in [0.25, 0.3) is 22.0 Å². The van der Waals surface area contributed by atoms with Crippen molar-refractivity contribution in [3.63, 3.8) is 0 Å². The van der Waals surface area contributed by atoms with Crippen LogP contribution in [-0.2, 0) is 16.4 Å². The number of aromatic nitrogens is 2. The largest absolute Gasteiger partial charge is 0.417 e. The normalized spacial score (nSPS) is 12.2. The lowest BCUT2D eigenvalue weighted by molar-refractivity contribution is 0.553. The molecule has 0 aliphatic heterocycles. The molecule has 3 N–H and O–H groups in total. The maximum Gasteiger partial charge on any atom is 0.417 e. The van der Waals surface area contributed by atoms with Crippen LogP contribution in [-0.4, -0.2) is 24.9 Å². The van der Waals surface area contributed by atoms with Crippen LogP contribution < -0.4 is 16.0 Å². The summed E-state index contributed by atoms with van der Waals surface area (Å²) in [5.74, 6) is -0.290. The summed E-state index contributed by atoms with van der Waals surface area (Å²) in [5, 5.41) is 0.909. The summed E-state index contributed by atoms with van der Waals surface area (Å²) >= 11 is 0. The second-order valence-corrected chi connectivity index (χ2v) is 9.21. The van der Waals surface area contributed by atoms with E-state index in [1.54, 1.807) is 6.07 Å². The van der Waals surface area contributed by atoms with Gasteiger partial charge >= 0.3 is 5.76 Å². The van der Waals surface area contributed by atoms with Crippen molar-refractivity contribution in [1.82, 2.24) is 14.7 Å². The highest BCUT2D eigenvalue weighted by molar-refractivity contribution is 7.89. The van der Waals surface area contributed by atoms with Gasteiger partial charge in [0.05, 0.1) is 10.4 Å². The molecule has 0 saturated heterocycles. The van der Waals surface area contributed by atoms with Gasteiger partial charge in [0, 0.05) is 23.7 Å². The van der Waals surface area contributed by atoms with E-state index in [1.165, 1.54) is 18.2 Å². The Morgan fingerprint density at radius 3 is 2.53 bits per heavy atom. The van der Waals surface area contributed by atoms with Crippen LogP contribution in [0.15, 0.2) is 61.4 Å². The quantitative estimate of drug-likeness (QED) is 0.436. The maximum atomic E-state index is 12.6. The van der Waals surface area contributed by atoms with Crippen molar-refractivity contribution >= 4 is 32.0 Å². The molecular weight excluding hydrogens is 406 g/mol. The average Bonchev–Trinajstić information content (AvgIpc) is 3.07. The second kappa shape index (κ2) is 7.58. The lowest BCUT2D eigenvalue weighted by Gasteiger charge is -2.09. The number of hydrogen-bond acceptors (Lipinski definition) is 5. The SMILES string of the molecule is CC(C)c1ccc2[nH]c(=O)c(CCNS(=O)(=O)c3ccc4[nH]c(=O)oc4c3)cc2c1. The number of pyridine rings is 1. The van der Waals surface area contributed by atoms with Crippen molar-refractivity contribution < 1.29 is 12.8 Å². The van der Waals surface area contributed by atoms with Crippen LogP contribution in [0, 0.1) is 0 Å². The Morgan fingerprint density at radius 1 is 1.00 bits per heavy atom. The highest BCUT2D eigenvalue weighted by Gasteiger charge is 2.16. The number of aromatic amines is 2. The number of benzene rings is 2. The van der Waals surface area contributed by atoms with Gasteiger partial charge in [-0.2, -0.15) is 0 Å². The van der Waals surface area contributed by atoms with E-state index in [1.807, 2.05) is 18.2 Å². The van der Waals surface area contributed by atoms with E-state index >= 15 is 0 Å². The number of sulfonamides is 1. The molecule has 4 rings (SSSR count). The van der Waals surface area contributed by atoms with Crippen LogP contribution in [0.4, 0.5) is 0 Å². The van der Waals surface area contributed by atoms with Gasteiger partial charge in [0.1, 0.15) is 0 Å². The van der Waals surface area contributed by atoms with Crippen LogP contribution in [0.3, 0.4) is 0 Å². The van der Waals surface area contributed by atoms with Gasteiger partial charge in [-0.1, -0.05) is 19.9 Å². The summed E-state index contributed by atoms with van der Waals surface area (Å²) in [6, 6.07) is 11.8. The molecule has 8 nitrogen and oxygen atoms in total. The maximum absolute atomic E-state index is 12.6. The number of H-pyrrole nitrogens is 2. The first-order valence-corrected chi connectivity index (χ1v) is 11.0. The minimum atomic E-state index is -3.82. The molecule has 4 aromatic rings. The molecule has 2 heterocycles. The number of rotatable bonds is 6. The van der Waals surface area contributed by atoms with E-state index in [9.17, 15) is 18.0 Å². The van der Waals surface area contributed by atoms with Crippen LogP contribution in [0.2, 0.25) is 0 Å². The summed E-state index contributed by atoms with van der Waals surface area (Å²) in [6.45, 7) is 4.24. The molecule has 30 heavy (non-hydrogen) atoms. The van der Waals surface area contributed by atoms with Gasteiger partial charge in [0.2, 0.25) is 10.0 Å². The van der Waals surface area contributed by atoms with Gasteiger partial charge in [0.25, 0.3) is 5.56 Å². The summed E-state index contributed by atoms with van der Waals surface area (Å²) in [4.78, 5) is 28.9. The van der Waals surface area contributed by atoms with Gasteiger partial charge in [-0.25, -0.2) is 17.9 Å². The predicted octanol–water partition coefficient (Wildman–Crippen LogP) is 2.61. The summed E-state index contributed by atoms with van der Waals surface area (Å²) in [7, 11) is -3.82. The number of oxazole rings is 1. The standard InChI is InChI=1S/C21H21N3O5S/c1-12(2)13-3-5-17-15(9-13)10-14(20(25)23-17)7-8-22-30(27,28)16-4-6-18-19(11-16)29-21(26)24-18/h3-6,9-12,22H,7-8H2,1-2H3,(H,23,25)(H,24,26). The fourth-order valence-electron chi connectivity index (χ4n) is 3.31. The van der Waals surface area contributed by atoms with Crippen molar-refractivity contribution in [2.24, 2.45) is 0 Å². The van der Waals surface area contributed by atoms with Crippen LogP contribution in [0.1, 0.15) is 30.9 Å². The van der Waals surface area contributed by atoms with Crippen molar-refractivity contribution in [2.45, 2.75) is 31.1 Å². The van der Waals surface area contributed by atoms with E-state index in [0.717, 1.165) is 16.5 Å². The molecule has 156 valence electrons. The highest BCUT2D eigenvalue weighted by Crippen LogP contribution is 2.20. The van der Waals surface area contributed by atoms with E-state index in [-0.39, 0.29) is 29.0 Å². The molecule has 0 aliphatic carbocycles. The predicted molar refractivity (Wildman–Crippen MR) is 114 cm³/mol. The topological polar surface area (TPSA) is 125 Å². The van der Waals surface area contributed by atoms with E-state index in [2.05, 4.69) is 28.5 Å². The molecular formula is C21H21N3O5S. The third kappa shape index (κ3) is 3.94.